The van der Waals surface area contributed by atoms with E-state index in [0.717, 1.165) is 42.2 Å². The summed E-state index contributed by atoms with van der Waals surface area (Å²) < 4.78 is 4.86. The third-order valence-corrected chi connectivity index (χ3v) is 6.17. The number of carbonyl (C=O) groups excluding carboxylic acids is 3. The molecule has 0 aliphatic heterocycles. The van der Waals surface area contributed by atoms with E-state index in [4.69, 9.17) is 16.3 Å². The third-order valence-electron chi connectivity index (χ3n) is 6.00. The summed E-state index contributed by atoms with van der Waals surface area (Å²) in [5.41, 5.74) is 1.35. The zero-order chi connectivity index (χ0) is 25.8. The Morgan fingerprint density at radius 1 is 1.20 bits per heavy atom. The molecule has 1 atom stereocenters. The van der Waals surface area contributed by atoms with Crippen LogP contribution in [0.25, 0.3) is 0 Å². The average Bonchev–Trinajstić information content (AvgIpc) is 2.87. The number of carbonyl (C=O) groups is 3. The number of hydrogen-bond donors (Lipinski definition) is 1. The summed E-state index contributed by atoms with van der Waals surface area (Å²) >= 11 is 5.46. The quantitative estimate of drug-likeness (QED) is 0.176. The Hall–Kier alpha value is -3.26. The second-order valence-corrected chi connectivity index (χ2v) is 8.84. The number of allylic oxidation sites excluding steroid dienone is 4. The Bertz CT molecular complexity index is 968. The Morgan fingerprint density at radius 3 is 2.40 bits per heavy atom. The molecule has 2 amide bonds. The highest BCUT2D eigenvalue weighted by molar-refractivity contribution is 6.19. The van der Waals surface area contributed by atoms with Crippen molar-refractivity contribution in [2.45, 2.75) is 44.6 Å². The number of ketones is 2. The van der Waals surface area contributed by atoms with Crippen molar-refractivity contribution in [1.29, 1.82) is 0 Å². The van der Waals surface area contributed by atoms with Crippen molar-refractivity contribution in [1.82, 2.24) is 10.3 Å². The molecule has 1 fully saturated rings. The SMILES string of the molecule is C=CC(C1=CC(=O)C(OC)=CC1=O)c1ccccc1.CC1CCC(NC(=O)N(CCCl)N=O)CC1. The topological polar surface area (TPSA) is 105 Å². The van der Waals surface area contributed by atoms with Crippen LogP contribution in [0, 0.1) is 10.8 Å². The van der Waals surface area contributed by atoms with Gasteiger partial charge in [-0.05, 0) is 43.2 Å². The van der Waals surface area contributed by atoms with Crippen molar-refractivity contribution < 1.29 is 19.1 Å². The smallest absolute Gasteiger partial charge is 0.340 e. The molecule has 1 N–H and O–H groups in total. The van der Waals surface area contributed by atoms with E-state index in [1.807, 2.05) is 30.3 Å². The van der Waals surface area contributed by atoms with Crippen molar-refractivity contribution in [3.8, 4) is 0 Å². The van der Waals surface area contributed by atoms with Gasteiger partial charge in [-0.15, -0.1) is 23.1 Å². The molecular formula is C26H32ClN3O5. The maximum Gasteiger partial charge on any atom is 0.340 e. The highest BCUT2D eigenvalue weighted by atomic mass is 35.5. The summed E-state index contributed by atoms with van der Waals surface area (Å²) in [5, 5.41) is 6.29. The molecule has 1 aromatic carbocycles. The molecule has 1 aromatic rings. The summed E-state index contributed by atoms with van der Waals surface area (Å²) in [6.07, 6.45) is 8.42. The molecule has 0 radical (unpaired) electrons. The molecule has 1 unspecified atom stereocenters. The fourth-order valence-corrected chi connectivity index (χ4v) is 4.14. The second kappa shape index (κ2) is 14.2. The molecular weight excluding hydrogens is 470 g/mol. The van der Waals surface area contributed by atoms with Gasteiger partial charge in [-0.1, -0.05) is 43.3 Å². The van der Waals surface area contributed by atoms with E-state index in [9.17, 15) is 19.3 Å². The van der Waals surface area contributed by atoms with Crippen LogP contribution in [0.5, 0.6) is 0 Å². The van der Waals surface area contributed by atoms with Gasteiger partial charge in [0, 0.05) is 29.5 Å². The lowest BCUT2D eigenvalue weighted by atomic mass is 9.85. The van der Waals surface area contributed by atoms with Crippen LogP contribution in [0.2, 0.25) is 0 Å². The van der Waals surface area contributed by atoms with E-state index >= 15 is 0 Å². The van der Waals surface area contributed by atoms with E-state index in [0.29, 0.717) is 5.57 Å². The summed E-state index contributed by atoms with van der Waals surface area (Å²) in [6.45, 7) is 6.12. The molecule has 0 heterocycles. The van der Waals surface area contributed by atoms with Crippen LogP contribution < -0.4 is 5.32 Å². The van der Waals surface area contributed by atoms with Gasteiger partial charge in [-0.3, -0.25) is 9.59 Å². The molecule has 3 rings (SSSR count). The number of amides is 2. The lowest BCUT2D eigenvalue weighted by molar-refractivity contribution is -0.117. The van der Waals surface area contributed by atoms with Crippen molar-refractivity contribution in [3.05, 3.63) is 76.9 Å². The van der Waals surface area contributed by atoms with Gasteiger partial charge in [0.15, 0.2) is 11.5 Å². The number of methoxy groups -OCH3 is 1. The first-order chi connectivity index (χ1) is 16.8. The van der Waals surface area contributed by atoms with E-state index in [2.05, 4.69) is 24.1 Å². The van der Waals surface area contributed by atoms with Gasteiger partial charge < -0.3 is 10.1 Å². The number of ether oxygens (including phenoxy) is 1. The molecule has 188 valence electrons. The van der Waals surface area contributed by atoms with Gasteiger partial charge in [0.1, 0.15) is 0 Å². The number of nitrogens with one attached hydrogen (secondary N) is 1. The summed E-state index contributed by atoms with van der Waals surface area (Å²) in [5.74, 6) is 0.222. The van der Waals surface area contributed by atoms with Crippen LogP contribution in [0.4, 0.5) is 4.79 Å². The standard InChI is InChI=1S/C16H14O3.C10H18ClN3O2/c1-3-12(11-7-5-4-6-8-11)13-9-15(18)16(19-2)10-14(13)17;1-8-2-4-9(5-3-8)12-10(15)14(13-16)7-6-11/h3-10,12H,1H2,2H3;8-9H,2-7H2,1H3,(H,12,15). The maximum atomic E-state index is 12.1. The number of nitrogens with zero attached hydrogens (tertiary/aromatic N) is 2. The molecule has 0 bridgehead atoms. The second-order valence-electron chi connectivity index (χ2n) is 8.47. The van der Waals surface area contributed by atoms with Gasteiger partial charge in [-0.2, -0.15) is 5.01 Å². The zero-order valence-electron chi connectivity index (χ0n) is 20.1. The third kappa shape index (κ3) is 8.17. The average molecular weight is 502 g/mol. The minimum atomic E-state index is -0.435. The van der Waals surface area contributed by atoms with Gasteiger partial charge >= 0.3 is 6.03 Å². The number of urea groups is 1. The van der Waals surface area contributed by atoms with Crippen LogP contribution in [-0.4, -0.2) is 48.2 Å². The molecule has 1 saturated carbocycles. The predicted molar refractivity (Wildman–Crippen MR) is 136 cm³/mol. The first-order valence-electron chi connectivity index (χ1n) is 11.5. The van der Waals surface area contributed by atoms with E-state index in [1.54, 1.807) is 6.08 Å². The molecule has 8 nitrogen and oxygen atoms in total. The van der Waals surface area contributed by atoms with Gasteiger partial charge in [0.25, 0.3) is 0 Å². The first kappa shape index (κ1) is 28.0. The fraction of sp³-hybridized carbons (Fsp3) is 0.423. The monoisotopic (exact) mass is 501 g/mol. The normalized spacial score (nSPS) is 20.3. The van der Waals surface area contributed by atoms with Gasteiger partial charge in [0.2, 0.25) is 5.78 Å². The fourth-order valence-electron chi connectivity index (χ4n) is 3.98. The highest BCUT2D eigenvalue weighted by Crippen LogP contribution is 2.29. The molecule has 0 spiro atoms. The van der Waals surface area contributed by atoms with Crippen molar-refractivity contribution in [3.63, 3.8) is 0 Å². The minimum Gasteiger partial charge on any atom is -0.493 e. The van der Waals surface area contributed by atoms with E-state index in [-0.39, 0.29) is 41.7 Å². The lowest BCUT2D eigenvalue weighted by Gasteiger charge is -2.27. The molecule has 2 aliphatic carbocycles. The number of alkyl halides is 1. The van der Waals surface area contributed by atoms with Gasteiger partial charge in [0.05, 0.1) is 18.9 Å². The van der Waals surface area contributed by atoms with Crippen molar-refractivity contribution in [2.75, 3.05) is 19.5 Å². The molecule has 35 heavy (non-hydrogen) atoms. The summed E-state index contributed by atoms with van der Waals surface area (Å²) in [6, 6.07) is 9.21. The Balaban J connectivity index is 0.000000251. The number of rotatable bonds is 8. The van der Waals surface area contributed by atoms with Crippen LogP contribution in [0.3, 0.4) is 0 Å². The van der Waals surface area contributed by atoms with E-state index < -0.39 is 6.03 Å². The Kier molecular flexibility index (Phi) is 11.4. The molecule has 0 aromatic heterocycles. The van der Waals surface area contributed by atoms with Crippen LogP contribution >= 0.6 is 11.6 Å². The Morgan fingerprint density at radius 2 is 1.86 bits per heavy atom. The van der Waals surface area contributed by atoms with Crippen LogP contribution in [-0.2, 0) is 14.3 Å². The number of halogens is 1. The summed E-state index contributed by atoms with van der Waals surface area (Å²) in [7, 11) is 1.37. The van der Waals surface area contributed by atoms with Crippen LogP contribution in [0.1, 0.15) is 44.1 Å². The predicted octanol–water partition coefficient (Wildman–Crippen LogP) is 5.06. The number of nitroso groups, excluding NO2 is 1. The van der Waals surface area contributed by atoms with Gasteiger partial charge in [-0.25, -0.2) is 4.79 Å². The molecule has 0 saturated heterocycles. The van der Waals surface area contributed by atoms with Crippen LogP contribution in [0.15, 0.2) is 71.8 Å². The number of hydrogen-bond acceptors (Lipinski definition) is 6. The Labute approximate surface area is 211 Å². The van der Waals surface area contributed by atoms with Crippen molar-refractivity contribution in [2.24, 2.45) is 11.2 Å². The highest BCUT2D eigenvalue weighted by Gasteiger charge is 2.26. The molecule has 9 heteroatoms. The van der Waals surface area contributed by atoms with E-state index in [1.165, 1.54) is 19.3 Å². The maximum absolute atomic E-state index is 12.1. The lowest BCUT2D eigenvalue weighted by Crippen LogP contribution is -2.44. The summed E-state index contributed by atoms with van der Waals surface area (Å²) in [4.78, 5) is 45.8. The number of benzene rings is 1. The minimum absolute atomic E-state index is 0.0737. The largest absolute Gasteiger partial charge is 0.493 e. The molecule has 2 aliphatic rings. The zero-order valence-corrected chi connectivity index (χ0v) is 20.9. The first-order valence-corrected chi connectivity index (χ1v) is 12.1. The van der Waals surface area contributed by atoms with Crippen molar-refractivity contribution >= 4 is 29.2 Å².